The zero-order chi connectivity index (χ0) is 32.3. The molecule has 8 nitrogen and oxygen atoms in total. The Labute approximate surface area is 250 Å². The van der Waals surface area contributed by atoms with Gasteiger partial charge in [0.2, 0.25) is 0 Å². The number of benzene rings is 2. The Bertz CT molecular complexity index is 1350. The normalized spacial score (nSPS) is 18.9. The molecule has 1 atom stereocenters. The number of amides is 3. The van der Waals surface area contributed by atoms with Gasteiger partial charge in [-0.25, -0.2) is 4.79 Å². The average Bonchev–Trinajstić information content (AvgIpc) is 3.20. The number of aliphatic hydroxyl groups is 1. The molecule has 2 heterocycles. The van der Waals surface area contributed by atoms with Crippen molar-refractivity contribution in [2.45, 2.75) is 75.9 Å². The molecule has 0 spiro atoms. The molecule has 14 heteroatoms. The minimum absolute atomic E-state index is 0.0186. The Kier molecular flexibility index (Phi) is 9.62. The van der Waals surface area contributed by atoms with Gasteiger partial charge in [0.1, 0.15) is 24.5 Å². The zero-order valence-corrected chi connectivity index (χ0v) is 24.2. The van der Waals surface area contributed by atoms with Gasteiger partial charge in [-0.1, -0.05) is 38.8 Å². The molecule has 0 saturated carbocycles. The molecule has 0 aromatic heterocycles. The average molecular weight is 633 g/mol. The molecular formula is C30H34F6N2O6. The summed E-state index contributed by atoms with van der Waals surface area (Å²) in [5.74, 6) is 0.703. The van der Waals surface area contributed by atoms with Gasteiger partial charge in [0, 0.05) is 12.1 Å². The van der Waals surface area contributed by atoms with E-state index in [1.54, 1.807) is 25.1 Å². The van der Waals surface area contributed by atoms with Gasteiger partial charge >= 0.3 is 18.4 Å². The number of nitrogens with zero attached hydrogens (tertiary/aromatic N) is 1. The van der Waals surface area contributed by atoms with Crippen molar-refractivity contribution in [1.82, 2.24) is 10.2 Å². The minimum atomic E-state index is -5.99. The van der Waals surface area contributed by atoms with Crippen LogP contribution >= 0.6 is 0 Å². The standard InChI is InChI=1S/C30H34F6N2O6/c1-3-7-19-17-21(28(41,29(31,32)33)30(34,35)36)9-10-22(19)42-14-6-5-13-38-25(39)27(12-4-2,37-26(38)40)20-8-11-23-24(18-20)44-16-15-43-23/h8-11,17-18,41H,3-7,12-16H2,1-2H3,(H,37,40). The van der Waals surface area contributed by atoms with Crippen LogP contribution in [0.4, 0.5) is 31.1 Å². The molecular weight excluding hydrogens is 598 g/mol. The topological polar surface area (TPSA) is 97.3 Å². The van der Waals surface area contributed by atoms with Crippen LogP contribution in [0.3, 0.4) is 0 Å². The lowest BCUT2D eigenvalue weighted by molar-refractivity contribution is -0.376. The Morgan fingerprint density at radius 1 is 0.932 bits per heavy atom. The summed E-state index contributed by atoms with van der Waals surface area (Å²) in [6.45, 7) is 4.44. The number of halogens is 6. The van der Waals surface area contributed by atoms with E-state index in [0.717, 1.165) is 11.0 Å². The first-order valence-corrected chi connectivity index (χ1v) is 14.4. The first-order chi connectivity index (χ1) is 20.7. The Hall–Kier alpha value is -3.68. The summed E-state index contributed by atoms with van der Waals surface area (Å²) < 4.78 is 97.1. The first kappa shape index (κ1) is 33.2. The van der Waals surface area contributed by atoms with Crippen LogP contribution in [0.1, 0.15) is 62.6 Å². The van der Waals surface area contributed by atoms with Crippen LogP contribution in [-0.4, -0.2) is 60.7 Å². The van der Waals surface area contributed by atoms with Gasteiger partial charge < -0.3 is 24.6 Å². The van der Waals surface area contributed by atoms with Gasteiger partial charge in [0.15, 0.2) is 11.5 Å². The number of unbranched alkanes of at least 4 members (excludes halogenated alkanes) is 1. The highest BCUT2D eigenvalue weighted by molar-refractivity contribution is 6.07. The second-order valence-electron chi connectivity index (χ2n) is 10.7. The zero-order valence-electron chi connectivity index (χ0n) is 24.2. The lowest BCUT2D eigenvalue weighted by Gasteiger charge is -2.33. The molecule has 1 fully saturated rings. The van der Waals surface area contributed by atoms with Gasteiger partial charge in [-0.3, -0.25) is 9.69 Å². The highest BCUT2D eigenvalue weighted by Gasteiger charge is 2.71. The molecule has 0 bridgehead atoms. The number of carbonyl (C=O) groups excluding carboxylic acids is 2. The highest BCUT2D eigenvalue weighted by Crippen LogP contribution is 2.50. The third-order valence-electron chi connectivity index (χ3n) is 7.69. The molecule has 0 radical (unpaired) electrons. The molecule has 4 rings (SSSR count). The number of carbonyl (C=O) groups is 2. The predicted octanol–water partition coefficient (Wildman–Crippen LogP) is 6.13. The van der Waals surface area contributed by atoms with Crippen molar-refractivity contribution in [2.24, 2.45) is 0 Å². The van der Waals surface area contributed by atoms with Crippen molar-refractivity contribution in [3.8, 4) is 17.2 Å². The monoisotopic (exact) mass is 632 g/mol. The summed E-state index contributed by atoms with van der Waals surface area (Å²) in [7, 11) is 0. The number of fused-ring (bicyclic) bond motifs is 1. The number of imide groups is 1. The number of alkyl halides is 6. The maximum Gasteiger partial charge on any atom is 0.430 e. The molecule has 2 aromatic rings. The van der Waals surface area contributed by atoms with E-state index in [1.807, 2.05) is 6.92 Å². The van der Waals surface area contributed by atoms with Crippen molar-refractivity contribution in [1.29, 1.82) is 0 Å². The van der Waals surface area contributed by atoms with Crippen molar-refractivity contribution in [3.63, 3.8) is 0 Å². The molecule has 3 amide bonds. The van der Waals surface area contributed by atoms with Crippen LogP contribution < -0.4 is 19.5 Å². The van der Waals surface area contributed by atoms with Crippen LogP contribution in [0.2, 0.25) is 0 Å². The van der Waals surface area contributed by atoms with E-state index in [-0.39, 0.29) is 30.9 Å². The number of hydrogen-bond acceptors (Lipinski definition) is 6. The van der Waals surface area contributed by atoms with Gasteiger partial charge in [-0.05, 0) is 61.1 Å². The van der Waals surface area contributed by atoms with E-state index in [9.17, 15) is 41.0 Å². The van der Waals surface area contributed by atoms with E-state index in [1.165, 1.54) is 0 Å². The molecule has 44 heavy (non-hydrogen) atoms. The summed E-state index contributed by atoms with van der Waals surface area (Å²) in [6, 6.07) is 6.76. The van der Waals surface area contributed by atoms with Crippen LogP contribution in [-0.2, 0) is 22.4 Å². The number of hydrogen-bond donors (Lipinski definition) is 2. The van der Waals surface area contributed by atoms with Gasteiger partial charge in [0.25, 0.3) is 11.5 Å². The number of rotatable bonds is 12. The van der Waals surface area contributed by atoms with E-state index >= 15 is 0 Å². The summed E-state index contributed by atoms with van der Waals surface area (Å²) in [4.78, 5) is 27.7. The number of ether oxygens (including phenoxy) is 3. The van der Waals surface area contributed by atoms with Crippen LogP contribution in [0, 0.1) is 0 Å². The summed E-state index contributed by atoms with van der Waals surface area (Å²) in [5.41, 5.74) is -7.00. The minimum Gasteiger partial charge on any atom is -0.493 e. The lowest BCUT2D eigenvalue weighted by Crippen LogP contribution is -2.53. The van der Waals surface area contributed by atoms with E-state index < -0.39 is 41.0 Å². The Balaban J connectivity index is 1.41. The third kappa shape index (κ3) is 6.13. The van der Waals surface area contributed by atoms with Crippen molar-refractivity contribution in [2.75, 3.05) is 26.4 Å². The SMILES string of the molecule is CCCc1cc(C(O)(C(F)(F)F)C(F)(F)F)ccc1OCCCCN1C(=O)NC(CCC)(c2ccc3c(c2)OCCO3)C1=O. The van der Waals surface area contributed by atoms with Crippen molar-refractivity contribution < 1.29 is 55.2 Å². The first-order valence-electron chi connectivity index (χ1n) is 14.4. The summed E-state index contributed by atoms with van der Waals surface area (Å²) in [5, 5.41) is 12.6. The lowest BCUT2D eigenvalue weighted by atomic mass is 9.85. The molecule has 242 valence electrons. The molecule has 2 aliphatic rings. The largest absolute Gasteiger partial charge is 0.493 e. The molecule has 0 aliphatic carbocycles. The smallest absolute Gasteiger partial charge is 0.430 e. The number of nitrogens with one attached hydrogen (secondary N) is 1. The second-order valence-corrected chi connectivity index (χ2v) is 10.7. The van der Waals surface area contributed by atoms with Gasteiger partial charge in [0.05, 0.1) is 6.61 Å². The maximum atomic E-state index is 13.6. The second kappa shape index (κ2) is 12.7. The Morgan fingerprint density at radius 3 is 2.25 bits per heavy atom. The van der Waals surface area contributed by atoms with Gasteiger partial charge in [-0.15, -0.1) is 0 Å². The van der Waals surface area contributed by atoms with Crippen LogP contribution in [0.5, 0.6) is 17.2 Å². The number of urea groups is 1. The van der Waals surface area contributed by atoms with Gasteiger partial charge in [-0.2, -0.15) is 26.3 Å². The maximum absolute atomic E-state index is 13.6. The molecule has 2 aliphatic heterocycles. The van der Waals surface area contributed by atoms with Crippen molar-refractivity contribution in [3.05, 3.63) is 53.1 Å². The fourth-order valence-corrected chi connectivity index (χ4v) is 5.47. The van der Waals surface area contributed by atoms with E-state index in [2.05, 4.69) is 5.32 Å². The van der Waals surface area contributed by atoms with E-state index in [0.29, 0.717) is 74.5 Å². The third-order valence-corrected chi connectivity index (χ3v) is 7.69. The summed E-state index contributed by atoms with van der Waals surface area (Å²) in [6.07, 6.45) is -9.88. The van der Waals surface area contributed by atoms with Crippen LogP contribution in [0.25, 0.3) is 0 Å². The molecule has 1 saturated heterocycles. The van der Waals surface area contributed by atoms with E-state index in [4.69, 9.17) is 14.2 Å². The fourth-order valence-electron chi connectivity index (χ4n) is 5.47. The summed E-state index contributed by atoms with van der Waals surface area (Å²) >= 11 is 0. The molecule has 1 unspecified atom stereocenters. The Morgan fingerprint density at radius 2 is 1.61 bits per heavy atom. The molecule has 2 N–H and O–H groups in total. The highest BCUT2D eigenvalue weighted by atomic mass is 19.4. The van der Waals surface area contributed by atoms with Crippen molar-refractivity contribution >= 4 is 11.9 Å². The quantitative estimate of drug-likeness (QED) is 0.166. The fraction of sp³-hybridized carbons (Fsp3) is 0.533. The number of aryl methyl sites for hydroxylation is 1. The predicted molar refractivity (Wildman–Crippen MR) is 145 cm³/mol. The molecule has 2 aromatic carbocycles. The van der Waals surface area contributed by atoms with Crippen LogP contribution in [0.15, 0.2) is 36.4 Å².